The third-order valence-electron chi connectivity index (χ3n) is 4.39. The minimum atomic E-state index is 0.0272. The lowest BCUT2D eigenvalue weighted by molar-refractivity contribution is 0.727. The van der Waals surface area contributed by atoms with Gasteiger partial charge in [-0.05, 0) is 31.5 Å². The summed E-state index contributed by atoms with van der Waals surface area (Å²) in [6.07, 6.45) is 3.87. The third kappa shape index (κ3) is 2.97. The Hall–Kier alpha value is -2.38. The molecule has 4 rings (SSSR count). The number of aryl methyl sites for hydroxylation is 2. The second-order valence-corrected chi connectivity index (χ2v) is 8.29. The number of aromatic nitrogens is 4. The molecule has 26 heavy (non-hydrogen) atoms. The van der Waals surface area contributed by atoms with Crippen LogP contribution in [-0.2, 0) is 12.8 Å². The van der Waals surface area contributed by atoms with E-state index >= 15 is 0 Å². The summed E-state index contributed by atoms with van der Waals surface area (Å²) in [7, 11) is 1.79. The van der Waals surface area contributed by atoms with E-state index in [0.29, 0.717) is 5.75 Å². The van der Waals surface area contributed by atoms with Crippen molar-refractivity contribution in [3.05, 3.63) is 69.1 Å². The molecule has 0 saturated carbocycles. The van der Waals surface area contributed by atoms with Crippen LogP contribution in [0.4, 0.5) is 0 Å². The molecule has 0 radical (unpaired) electrons. The van der Waals surface area contributed by atoms with Crippen molar-refractivity contribution in [2.24, 2.45) is 7.05 Å². The van der Waals surface area contributed by atoms with Crippen LogP contribution in [0.2, 0.25) is 0 Å². The van der Waals surface area contributed by atoms with Crippen LogP contribution < -0.4 is 5.56 Å². The Morgan fingerprint density at radius 3 is 2.73 bits per heavy atom. The van der Waals surface area contributed by atoms with Crippen molar-refractivity contribution >= 4 is 33.3 Å². The lowest BCUT2D eigenvalue weighted by Crippen LogP contribution is -2.19. The van der Waals surface area contributed by atoms with Gasteiger partial charge >= 0.3 is 0 Å². The van der Waals surface area contributed by atoms with E-state index in [9.17, 15) is 4.79 Å². The molecule has 0 aliphatic carbocycles. The van der Waals surface area contributed by atoms with Gasteiger partial charge in [-0.1, -0.05) is 30.0 Å². The fourth-order valence-electron chi connectivity index (χ4n) is 2.79. The number of benzene rings is 1. The highest BCUT2D eigenvalue weighted by molar-refractivity contribution is 7.98. The van der Waals surface area contributed by atoms with Crippen molar-refractivity contribution in [3.8, 4) is 5.69 Å². The zero-order chi connectivity index (χ0) is 18.3. The summed E-state index contributed by atoms with van der Waals surface area (Å²) >= 11 is 3.14. The van der Waals surface area contributed by atoms with Crippen molar-refractivity contribution in [1.82, 2.24) is 19.3 Å². The standard InChI is InChI=1S/C19H18N4OS2/c1-12-13(2)26-17-16(12)18(24)22(3)19(21-17)25-11-14-9-20-23(10-14)15-7-5-4-6-8-15/h4-10H,11H2,1-3H3. The van der Waals surface area contributed by atoms with Gasteiger partial charge in [-0.2, -0.15) is 5.10 Å². The average molecular weight is 383 g/mol. The molecular formula is C19H18N4OS2. The molecule has 0 spiro atoms. The number of hydrogen-bond donors (Lipinski definition) is 0. The van der Waals surface area contributed by atoms with E-state index in [2.05, 4.69) is 5.10 Å². The van der Waals surface area contributed by atoms with E-state index in [1.165, 1.54) is 0 Å². The zero-order valence-electron chi connectivity index (χ0n) is 14.8. The highest BCUT2D eigenvalue weighted by Gasteiger charge is 2.15. The molecule has 0 amide bonds. The Balaban J connectivity index is 1.60. The van der Waals surface area contributed by atoms with E-state index in [1.54, 1.807) is 34.7 Å². The Kier molecular flexibility index (Phi) is 4.42. The van der Waals surface area contributed by atoms with Crippen LogP contribution in [0, 0.1) is 13.8 Å². The summed E-state index contributed by atoms with van der Waals surface area (Å²) in [4.78, 5) is 19.4. The number of para-hydroxylation sites is 1. The molecule has 0 aliphatic rings. The van der Waals surface area contributed by atoms with Crippen LogP contribution in [0.15, 0.2) is 52.7 Å². The van der Waals surface area contributed by atoms with Crippen molar-refractivity contribution in [3.63, 3.8) is 0 Å². The third-order valence-corrected chi connectivity index (χ3v) is 6.60. The number of rotatable bonds is 4. The van der Waals surface area contributed by atoms with Gasteiger partial charge in [0, 0.05) is 29.4 Å². The number of thioether (sulfide) groups is 1. The van der Waals surface area contributed by atoms with Crippen LogP contribution in [0.5, 0.6) is 0 Å². The summed E-state index contributed by atoms with van der Waals surface area (Å²) < 4.78 is 3.51. The SMILES string of the molecule is Cc1sc2nc(SCc3cnn(-c4ccccc4)c3)n(C)c(=O)c2c1C. The Labute approximate surface area is 159 Å². The second kappa shape index (κ2) is 6.74. The van der Waals surface area contributed by atoms with Gasteiger partial charge < -0.3 is 0 Å². The first kappa shape index (κ1) is 17.1. The minimum absolute atomic E-state index is 0.0272. The van der Waals surface area contributed by atoms with Crippen LogP contribution >= 0.6 is 23.1 Å². The molecule has 0 bridgehead atoms. The summed E-state index contributed by atoms with van der Waals surface area (Å²) in [5.74, 6) is 0.710. The maximum absolute atomic E-state index is 12.7. The molecule has 0 aliphatic heterocycles. The quantitative estimate of drug-likeness (QED) is 0.394. The van der Waals surface area contributed by atoms with Crippen molar-refractivity contribution in [2.45, 2.75) is 24.8 Å². The van der Waals surface area contributed by atoms with Gasteiger partial charge in [0.15, 0.2) is 5.16 Å². The van der Waals surface area contributed by atoms with E-state index in [0.717, 1.165) is 37.1 Å². The molecule has 0 unspecified atom stereocenters. The summed E-state index contributed by atoms with van der Waals surface area (Å²) in [5.41, 5.74) is 3.19. The van der Waals surface area contributed by atoms with Crippen LogP contribution in [0.1, 0.15) is 16.0 Å². The smallest absolute Gasteiger partial charge is 0.262 e. The molecule has 4 aromatic rings. The van der Waals surface area contributed by atoms with Crippen molar-refractivity contribution in [1.29, 1.82) is 0 Å². The van der Waals surface area contributed by atoms with E-state index in [1.807, 2.05) is 61.3 Å². The molecule has 5 nitrogen and oxygen atoms in total. The summed E-state index contributed by atoms with van der Waals surface area (Å²) in [6.45, 7) is 4.02. The summed E-state index contributed by atoms with van der Waals surface area (Å²) in [5, 5.41) is 5.90. The van der Waals surface area contributed by atoms with Gasteiger partial charge in [0.25, 0.3) is 5.56 Å². The zero-order valence-corrected chi connectivity index (χ0v) is 16.4. The maximum Gasteiger partial charge on any atom is 0.262 e. The Bertz CT molecular complexity index is 1140. The van der Waals surface area contributed by atoms with E-state index in [4.69, 9.17) is 4.98 Å². The van der Waals surface area contributed by atoms with Gasteiger partial charge in [0.1, 0.15) is 4.83 Å². The van der Waals surface area contributed by atoms with Crippen molar-refractivity contribution < 1.29 is 0 Å². The molecule has 3 heterocycles. The highest BCUT2D eigenvalue weighted by Crippen LogP contribution is 2.29. The highest BCUT2D eigenvalue weighted by atomic mass is 32.2. The number of nitrogens with zero attached hydrogens (tertiary/aromatic N) is 4. The van der Waals surface area contributed by atoms with Gasteiger partial charge in [-0.3, -0.25) is 9.36 Å². The molecule has 0 saturated heterocycles. The van der Waals surface area contributed by atoms with Gasteiger partial charge in [-0.15, -0.1) is 11.3 Å². The molecule has 132 valence electrons. The molecular weight excluding hydrogens is 364 g/mol. The second-order valence-electron chi connectivity index (χ2n) is 6.14. The molecule has 0 N–H and O–H groups in total. The molecule has 1 aromatic carbocycles. The maximum atomic E-state index is 12.7. The largest absolute Gasteiger partial charge is 0.290 e. The van der Waals surface area contributed by atoms with Gasteiger partial charge in [-0.25, -0.2) is 9.67 Å². The molecule has 0 atom stereocenters. The number of thiophene rings is 1. The first-order valence-corrected chi connectivity index (χ1v) is 10.0. The molecule has 7 heteroatoms. The van der Waals surface area contributed by atoms with Crippen LogP contribution in [-0.4, -0.2) is 19.3 Å². The van der Waals surface area contributed by atoms with E-state index < -0.39 is 0 Å². The average Bonchev–Trinajstić information content (AvgIpc) is 3.23. The van der Waals surface area contributed by atoms with Crippen LogP contribution in [0.3, 0.4) is 0 Å². The van der Waals surface area contributed by atoms with E-state index in [-0.39, 0.29) is 5.56 Å². The number of hydrogen-bond acceptors (Lipinski definition) is 5. The predicted octanol–water partition coefficient (Wildman–Crippen LogP) is 4.09. The lowest BCUT2D eigenvalue weighted by Gasteiger charge is -2.06. The topological polar surface area (TPSA) is 52.7 Å². The minimum Gasteiger partial charge on any atom is -0.290 e. The fraction of sp³-hybridized carbons (Fsp3) is 0.211. The van der Waals surface area contributed by atoms with Crippen LogP contribution in [0.25, 0.3) is 15.9 Å². The first-order valence-electron chi connectivity index (χ1n) is 8.23. The predicted molar refractivity (Wildman–Crippen MR) is 107 cm³/mol. The number of fused-ring (bicyclic) bond motifs is 1. The monoisotopic (exact) mass is 382 g/mol. The van der Waals surface area contributed by atoms with Crippen molar-refractivity contribution in [2.75, 3.05) is 0 Å². The van der Waals surface area contributed by atoms with Gasteiger partial charge in [0.2, 0.25) is 0 Å². The fourth-order valence-corrected chi connectivity index (χ4v) is 4.74. The molecule has 3 aromatic heterocycles. The molecule has 0 fully saturated rings. The Morgan fingerprint density at radius 1 is 1.19 bits per heavy atom. The van der Waals surface area contributed by atoms with Gasteiger partial charge in [0.05, 0.1) is 17.3 Å². The Morgan fingerprint density at radius 2 is 1.96 bits per heavy atom. The first-order chi connectivity index (χ1) is 12.5. The summed E-state index contributed by atoms with van der Waals surface area (Å²) in [6, 6.07) is 10.0. The normalized spacial score (nSPS) is 11.3. The lowest BCUT2D eigenvalue weighted by atomic mass is 10.2.